The Balaban J connectivity index is 1.51. The van der Waals surface area contributed by atoms with E-state index in [9.17, 15) is 9.59 Å². The van der Waals surface area contributed by atoms with Crippen LogP contribution < -0.4 is 9.80 Å². The summed E-state index contributed by atoms with van der Waals surface area (Å²) in [7, 11) is 0. The molecule has 1 fully saturated rings. The van der Waals surface area contributed by atoms with E-state index in [0.29, 0.717) is 19.5 Å². The summed E-state index contributed by atoms with van der Waals surface area (Å²) in [6, 6.07) is 16.1. The minimum Gasteiger partial charge on any atom is -0.312 e. The third-order valence-electron chi connectivity index (χ3n) is 5.28. The van der Waals surface area contributed by atoms with Gasteiger partial charge in [0.25, 0.3) is 0 Å². The molecule has 1 atom stereocenters. The summed E-state index contributed by atoms with van der Waals surface area (Å²) >= 11 is 0. The second-order valence-electron chi connectivity index (χ2n) is 6.79. The minimum absolute atomic E-state index is 0.0371. The van der Waals surface area contributed by atoms with Gasteiger partial charge in [-0.1, -0.05) is 37.3 Å². The van der Waals surface area contributed by atoms with Gasteiger partial charge in [0.15, 0.2) is 0 Å². The van der Waals surface area contributed by atoms with Gasteiger partial charge in [0.2, 0.25) is 11.8 Å². The summed E-state index contributed by atoms with van der Waals surface area (Å²) in [6.45, 7) is 3.30. The fraction of sp³-hybridized carbons (Fsp3) is 0.333. The molecule has 4 rings (SSSR count). The van der Waals surface area contributed by atoms with Gasteiger partial charge in [-0.15, -0.1) is 0 Å². The number of aryl methyl sites for hydroxylation is 1. The third kappa shape index (κ3) is 2.82. The van der Waals surface area contributed by atoms with Crippen LogP contribution in [0.15, 0.2) is 48.5 Å². The maximum absolute atomic E-state index is 13.0. The largest absolute Gasteiger partial charge is 0.312 e. The van der Waals surface area contributed by atoms with Crippen molar-refractivity contribution in [1.29, 1.82) is 0 Å². The Morgan fingerprint density at radius 3 is 2.64 bits per heavy atom. The number of hydrogen-bond donors (Lipinski definition) is 0. The number of carbonyl (C=O) groups excluding carboxylic acids is 2. The highest BCUT2D eigenvalue weighted by Gasteiger charge is 2.38. The highest BCUT2D eigenvalue weighted by molar-refractivity contribution is 6.05. The van der Waals surface area contributed by atoms with Crippen LogP contribution in [0.2, 0.25) is 0 Å². The zero-order valence-corrected chi connectivity index (χ0v) is 14.4. The lowest BCUT2D eigenvalue weighted by Gasteiger charge is -2.22. The van der Waals surface area contributed by atoms with Crippen LogP contribution in [0, 0.1) is 5.92 Å². The fourth-order valence-corrected chi connectivity index (χ4v) is 3.82. The summed E-state index contributed by atoms with van der Waals surface area (Å²) in [4.78, 5) is 29.1. The van der Waals surface area contributed by atoms with Crippen LogP contribution in [-0.4, -0.2) is 24.9 Å². The molecule has 0 saturated carbocycles. The first-order valence-corrected chi connectivity index (χ1v) is 8.96. The van der Waals surface area contributed by atoms with Gasteiger partial charge in [0.1, 0.15) is 0 Å². The fourth-order valence-electron chi connectivity index (χ4n) is 3.82. The Morgan fingerprint density at radius 1 is 1.12 bits per heavy atom. The van der Waals surface area contributed by atoms with Crippen LogP contribution in [0.1, 0.15) is 24.5 Å². The number of fused-ring (bicyclic) bond motifs is 1. The van der Waals surface area contributed by atoms with E-state index in [1.165, 1.54) is 11.1 Å². The molecule has 2 aliphatic heterocycles. The summed E-state index contributed by atoms with van der Waals surface area (Å²) in [6.07, 6.45) is 2.17. The van der Waals surface area contributed by atoms with E-state index < -0.39 is 0 Å². The monoisotopic (exact) mass is 334 g/mol. The first-order chi connectivity index (χ1) is 12.2. The molecule has 2 heterocycles. The summed E-state index contributed by atoms with van der Waals surface area (Å²) in [5.41, 5.74) is 4.36. The van der Waals surface area contributed by atoms with Gasteiger partial charge in [-0.3, -0.25) is 9.59 Å². The lowest BCUT2D eigenvalue weighted by Crippen LogP contribution is -2.36. The summed E-state index contributed by atoms with van der Waals surface area (Å²) in [5, 5.41) is 0. The van der Waals surface area contributed by atoms with Crippen molar-refractivity contribution in [2.45, 2.75) is 26.2 Å². The number of rotatable bonds is 3. The molecule has 4 heteroatoms. The number of para-hydroxylation sites is 1. The number of hydrogen-bond acceptors (Lipinski definition) is 2. The average Bonchev–Trinajstić information content (AvgIpc) is 3.25. The van der Waals surface area contributed by atoms with Crippen LogP contribution >= 0.6 is 0 Å². The standard InChI is InChI=1S/C21H22N2O2/c1-2-15-7-9-18(10-8-15)23-14-17(13-20(23)24)21(25)22-12-11-16-5-3-4-6-19(16)22/h3-10,17H,2,11-14H2,1H3. The van der Waals surface area contributed by atoms with Crippen molar-refractivity contribution in [2.24, 2.45) is 5.92 Å². The highest BCUT2D eigenvalue weighted by Crippen LogP contribution is 2.32. The molecular weight excluding hydrogens is 312 g/mol. The topological polar surface area (TPSA) is 40.6 Å². The maximum Gasteiger partial charge on any atom is 0.232 e. The lowest BCUT2D eigenvalue weighted by atomic mass is 10.1. The van der Waals surface area contributed by atoms with Gasteiger partial charge in [-0.05, 0) is 42.2 Å². The first-order valence-electron chi connectivity index (χ1n) is 8.96. The molecule has 0 aromatic heterocycles. The molecule has 2 aromatic carbocycles. The van der Waals surface area contributed by atoms with Crippen molar-refractivity contribution in [2.75, 3.05) is 22.9 Å². The molecule has 1 unspecified atom stereocenters. The number of amides is 2. The Bertz CT molecular complexity index is 813. The Labute approximate surface area is 148 Å². The second kappa shape index (κ2) is 6.36. The van der Waals surface area contributed by atoms with Crippen molar-refractivity contribution < 1.29 is 9.59 Å². The smallest absolute Gasteiger partial charge is 0.232 e. The SMILES string of the molecule is CCc1ccc(N2CC(C(=O)N3CCc4ccccc43)CC2=O)cc1. The maximum atomic E-state index is 13.0. The van der Waals surface area contributed by atoms with Gasteiger partial charge in [-0.25, -0.2) is 0 Å². The number of benzene rings is 2. The Morgan fingerprint density at radius 2 is 1.88 bits per heavy atom. The van der Waals surface area contributed by atoms with Gasteiger partial charge in [-0.2, -0.15) is 0 Å². The van der Waals surface area contributed by atoms with E-state index in [1.54, 1.807) is 4.90 Å². The Kier molecular flexibility index (Phi) is 4.04. The molecule has 0 bridgehead atoms. The van der Waals surface area contributed by atoms with Crippen LogP contribution in [-0.2, 0) is 22.4 Å². The van der Waals surface area contributed by atoms with E-state index >= 15 is 0 Å². The van der Waals surface area contributed by atoms with E-state index in [1.807, 2.05) is 35.2 Å². The van der Waals surface area contributed by atoms with Crippen molar-refractivity contribution in [3.63, 3.8) is 0 Å². The zero-order chi connectivity index (χ0) is 17.4. The van der Waals surface area contributed by atoms with Gasteiger partial charge in [0.05, 0.1) is 5.92 Å². The molecule has 25 heavy (non-hydrogen) atoms. The molecule has 2 aromatic rings. The molecule has 0 spiro atoms. The van der Waals surface area contributed by atoms with Crippen LogP contribution in [0.4, 0.5) is 11.4 Å². The average molecular weight is 334 g/mol. The minimum atomic E-state index is -0.260. The lowest BCUT2D eigenvalue weighted by molar-refractivity contribution is -0.124. The second-order valence-corrected chi connectivity index (χ2v) is 6.79. The number of nitrogens with zero attached hydrogens (tertiary/aromatic N) is 2. The zero-order valence-electron chi connectivity index (χ0n) is 14.4. The summed E-state index contributed by atoms with van der Waals surface area (Å²) < 4.78 is 0. The highest BCUT2D eigenvalue weighted by atomic mass is 16.2. The number of carbonyl (C=O) groups is 2. The van der Waals surface area contributed by atoms with Crippen LogP contribution in [0.25, 0.3) is 0 Å². The van der Waals surface area contributed by atoms with E-state index in [-0.39, 0.29) is 17.7 Å². The molecular formula is C21H22N2O2. The van der Waals surface area contributed by atoms with E-state index in [2.05, 4.69) is 25.1 Å². The molecule has 2 aliphatic rings. The molecule has 0 aliphatic carbocycles. The quantitative estimate of drug-likeness (QED) is 0.865. The molecule has 2 amide bonds. The molecule has 0 radical (unpaired) electrons. The van der Waals surface area contributed by atoms with Crippen molar-refractivity contribution in [3.05, 3.63) is 59.7 Å². The van der Waals surface area contributed by atoms with E-state index in [4.69, 9.17) is 0 Å². The van der Waals surface area contributed by atoms with Crippen molar-refractivity contribution >= 4 is 23.2 Å². The molecule has 0 N–H and O–H groups in total. The van der Waals surface area contributed by atoms with Crippen LogP contribution in [0.3, 0.4) is 0 Å². The predicted octanol–water partition coefficient (Wildman–Crippen LogP) is 3.19. The normalized spacial score (nSPS) is 19.4. The number of anilines is 2. The van der Waals surface area contributed by atoms with Gasteiger partial charge >= 0.3 is 0 Å². The van der Waals surface area contributed by atoms with E-state index in [0.717, 1.165) is 24.2 Å². The van der Waals surface area contributed by atoms with Crippen LogP contribution in [0.5, 0.6) is 0 Å². The van der Waals surface area contributed by atoms with Crippen molar-refractivity contribution in [1.82, 2.24) is 0 Å². The van der Waals surface area contributed by atoms with Gasteiger partial charge < -0.3 is 9.80 Å². The molecule has 1 saturated heterocycles. The third-order valence-corrected chi connectivity index (χ3v) is 5.28. The molecule has 128 valence electrons. The molecule has 4 nitrogen and oxygen atoms in total. The van der Waals surface area contributed by atoms with Gasteiger partial charge in [0, 0.05) is 30.9 Å². The first kappa shape index (κ1) is 15.9. The predicted molar refractivity (Wildman–Crippen MR) is 98.8 cm³/mol. The Hall–Kier alpha value is -2.62. The van der Waals surface area contributed by atoms with Crippen molar-refractivity contribution in [3.8, 4) is 0 Å². The summed E-state index contributed by atoms with van der Waals surface area (Å²) in [5.74, 6) is -0.148.